The van der Waals surface area contributed by atoms with Gasteiger partial charge in [0.15, 0.2) is 5.69 Å². The van der Waals surface area contributed by atoms with Crippen molar-refractivity contribution in [2.45, 2.75) is 6.54 Å². The van der Waals surface area contributed by atoms with Crippen LogP contribution in [0.4, 0.5) is 0 Å². The van der Waals surface area contributed by atoms with E-state index in [0.29, 0.717) is 6.54 Å². The standard InChI is InChI=1S/C11H9N3O3S/c15-10(9-6-13-18-14-9)12-5-7-1-3-8(4-2-7)11(16)17/h1-4,6H,5H2,(H,12,15)(H,16,17). The number of carbonyl (C=O) groups is 2. The molecular formula is C11H9N3O3S. The van der Waals surface area contributed by atoms with Gasteiger partial charge in [0.1, 0.15) is 0 Å². The van der Waals surface area contributed by atoms with Crippen molar-refractivity contribution in [1.82, 2.24) is 14.1 Å². The highest BCUT2D eigenvalue weighted by Gasteiger charge is 2.08. The average molecular weight is 263 g/mol. The normalized spacial score (nSPS) is 10.0. The number of amides is 1. The van der Waals surface area contributed by atoms with Crippen molar-refractivity contribution in [2.75, 3.05) is 0 Å². The monoisotopic (exact) mass is 263 g/mol. The number of hydrogen-bond donors (Lipinski definition) is 2. The Bertz CT molecular complexity index is 551. The van der Waals surface area contributed by atoms with Crippen LogP contribution < -0.4 is 5.32 Å². The van der Waals surface area contributed by atoms with Crippen molar-refractivity contribution in [3.05, 3.63) is 47.3 Å². The Labute approximate surface area is 107 Å². The Morgan fingerprint density at radius 2 is 2.00 bits per heavy atom. The molecular weight excluding hydrogens is 254 g/mol. The van der Waals surface area contributed by atoms with Crippen molar-refractivity contribution in [3.8, 4) is 0 Å². The van der Waals surface area contributed by atoms with E-state index in [2.05, 4.69) is 14.1 Å². The van der Waals surface area contributed by atoms with Crippen LogP contribution in [0, 0.1) is 0 Å². The fourth-order valence-electron chi connectivity index (χ4n) is 1.30. The summed E-state index contributed by atoms with van der Waals surface area (Å²) in [4.78, 5) is 22.2. The highest BCUT2D eigenvalue weighted by atomic mass is 32.1. The van der Waals surface area contributed by atoms with E-state index in [1.54, 1.807) is 12.1 Å². The summed E-state index contributed by atoms with van der Waals surface area (Å²) in [6.45, 7) is 0.316. The number of carbonyl (C=O) groups excluding carboxylic acids is 1. The predicted molar refractivity (Wildman–Crippen MR) is 64.5 cm³/mol. The summed E-state index contributed by atoms with van der Waals surface area (Å²) in [6, 6.07) is 6.30. The molecule has 0 radical (unpaired) electrons. The fourth-order valence-corrected chi connectivity index (χ4v) is 1.71. The molecule has 0 saturated heterocycles. The van der Waals surface area contributed by atoms with Crippen molar-refractivity contribution in [1.29, 1.82) is 0 Å². The molecule has 0 unspecified atom stereocenters. The fraction of sp³-hybridized carbons (Fsp3) is 0.0909. The lowest BCUT2D eigenvalue weighted by Gasteiger charge is -2.03. The van der Waals surface area contributed by atoms with Gasteiger partial charge in [-0.3, -0.25) is 4.79 Å². The number of carboxylic acids is 1. The molecule has 1 amide bonds. The highest BCUT2D eigenvalue weighted by molar-refractivity contribution is 6.99. The van der Waals surface area contributed by atoms with E-state index in [-0.39, 0.29) is 17.2 Å². The lowest BCUT2D eigenvalue weighted by atomic mass is 10.1. The zero-order valence-corrected chi connectivity index (χ0v) is 9.98. The highest BCUT2D eigenvalue weighted by Crippen LogP contribution is 2.04. The van der Waals surface area contributed by atoms with Gasteiger partial charge in [-0.05, 0) is 17.7 Å². The molecule has 0 fully saturated rings. The van der Waals surface area contributed by atoms with E-state index in [9.17, 15) is 9.59 Å². The third-order valence-corrected chi connectivity index (χ3v) is 2.73. The van der Waals surface area contributed by atoms with E-state index >= 15 is 0 Å². The van der Waals surface area contributed by atoms with Gasteiger partial charge in [-0.25, -0.2) is 4.79 Å². The number of hydrogen-bond acceptors (Lipinski definition) is 5. The van der Waals surface area contributed by atoms with Crippen LogP contribution in [-0.2, 0) is 6.54 Å². The van der Waals surface area contributed by atoms with Crippen LogP contribution in [0.1, 0.15) is 26.4 Å². The molecule has 0 spiro atoms. The number of rotatable bonds is 4. The quantitative estimate of drug-likeness (QED) is 0.863. The molecule has 6 nitrogen and oxygen atoms in total. The lowest BCUT2D eigenvalue weighted by molar-refractivity contribution is 0.0696. The molecule has 0 aliphatic heterocycles. The molecule has 1 aromatic carbocycles. The maximum Gasteiger partial charge on any atom is 0.335 e. The molecule has 0 bridgehead atoms. The van der Waals surface area contributed by atoms with Gasteiger partial charge in [0, 0.05) is 6.54 Å². The second-order valence-electron chi connectivity index (χ2n) is 3.48. The molecule has 1 heterocycles. The Morgan fingerprint density at radius 1 is 1.28 bits per heavy atom. The number of nitrogens with one attached hydrogen (secondary N) is 1. The van der Waals surface area contributed by atoms with E-state index in [1.165, 1.54) is 18.3 Å². The van der Waals surface area contributed by atoms with Crippen LogP contribution in [0.25, 0.3) is 0 Å². The minimum absolute atomic E-state index is 0.216. The van der Waals surface area contributed by atoms with Crippen LogP contribution in [0.5, 0.6) is 0 Å². The Kier molecular flexibility index (Phi) is 3.63. The molecule has 0 saturated carbocycles. The van der Waals surface area contributed by atoms with Gasteiger partial charge in [0.05, 0.1) is 23.5 Å². The van der Waals surface area contributed by atoms with Gasteiger partial charge in [0.25, 0.3) is 5.91 Å². The van der Waals surface area contributed by atoms with E-state index in [4.69, 9.17) is 5.11 Å². The number of aromatic carboxylic acids is 1. The van der Waals surface area contributed by atoms with Crippen LogP contribution in [0.2, 0.25) is 0 Å². The van der Waals surface area contributed by atoms with Gasteiger partial charge in [-0.1, -0.05) is 12.1 Å². The summed E-state index contributed by atoms with van der Waals surface area (Å²) in [6.07, 6.45) is 1.40. The third-order valence-electron chi connectivity index (χ3n) is 2.25. The molecule has 7 heteroatoms. The number of aromatic nitrogens is 2. The van der Waals surface area contributed by atoms with Crippen LogP contribution in [0.15, 0.2) is 30.5 Å². The Balaban J connectivity index is 1.94. The lowest BCUT2D eigenvalue weighted by Crippen LogP contribution is -2.23. The van der Waals surface area contributed by atoms with Crippen molar-refractivity contribution in [2.24, 2.45) is 0 Å². The smallest absolute Gasteiger partial charge is 0.335 e. The van der Waals surface area contributed by atoms with Gasteiger partial charge < -0.3 is 10.4 Å². The van der Waals surface area contributed by atoms with E-state index in [1.807, 2.05) is 0 Å². The average Bonchev–Trinajstić information content (AvgIpc) is 2.90. The van der Waals surface area contributed by atoms with E-state index in [0.717, 1.165) is 17.3 Å². The second kappa shape index (κ2) is 5.37. The first kappa shape index (κ1) is 12.2. The van der Waals surface area contributed by atoms with Crippen molar-refractivity contribution < 1.29 is 14.7 Å². The van der Waals surface area contributed by atoms with E-state index < -0.39 is 5.97 Å². The summed E-state index contributed by atoms with van der Waals surface area (Å²) in [5.41, 5.74) is 1.31. The molecule has 0 atom stereocenters. The van der Waals surface area contributed by atoms with Crippen LogP contribution in [-0.4, -0.2) is 25.7 Å². The summed E-state index contributed by atoms with van der Waals surface area (Å²) in [5, 5.41) is 11.4. The van der Waals surface area contributed by atoms with Gasteiger partial charge in [0.2, 0.25) is 0 Å². The van der Waals surface area contributed by atoms with Gasteiger partial charge >= 0.3 is 5.97 Å². The molecule has 18 heavy (non-hydrogen) atoms. The molecule has 2 N–H and O–H groups in total. The topological polar surface area (TPSA) is 92.2 Å². The van der Waals surface area contributed by atoms with Gasteiger partial charge in [-0.2, -0.15) is 8.75 Å². The molecule has 2 aromatic rings. The van der Waals surface area contributed by atoms with Crippen molar-refractivity contribution >= 4 is 23.6 Å². The molecule has 92 valence electrons. The van der Waals surface area contributed by atoms with Crippen LogP contribution >= 0.6 is 11.7 Å². The largest absolute Gasteiger partial charge is 0.478 e. The summed E-state index contributed by atoms with van der Waals surface area (Å²) in [5.74, 6) is -1.27. The summed E-state index contributed by atoms with van der Waals surface area (Å²) < 4.78 is 7.54. The number of nitrogens with zero attached hydrogens (tertiary/aromatic N) is 2. The second-order valence-corrected chi connectivity index (χ2v) is 4.03. The zero-order chi connectivity index (χ0) is 13.0. The molecule has 2 rings (SSSR count). The number of benzene rings is 1. The first-order valence-corrected chi connectivity index (χ1v) is 5.78. The summed E-state index contributed by atoms with van der Waals surface area (Å²) >= 11 is 0.969. The molecule has 1 aromatic heterocycles. The van der Waals surface area contributed by atoms with Crippen molar-refractivity contribution in [3.63, 3.8) is 0 Å². The third kappa shape index (κ3) is 2.89. The summed E-state index contributed by atoms with van der Waals surface area (Å²) in [7, 11) is 0. The maximum absolute atomic E-state index is 11.6. The number of carboxylic acid groups (broad SMARTS) is 1. The maximum atomic E-state index is 11.6. The SMILES string of the molecule is O=C(O)c1ccc(CNC(=O)c2cnsn2)cc1. The minimum atomic E-state index is -0.973. The molecule has 0 aliphatic rings. The Morgan fingerprint density at radius 3 is 2.56 bits per heavy atom. The molecule has 0 aliphatic carbocycles. The first-order valence-electron chi connectivity index (χ1n) is 5.05. The predicted octanol–water partition coefficient (Wildman–Crippen LogP) is 1.17. The Hall–Kier alpha value is -2.28. The first-order chi connectivity index (χ1) is 8.66. The van der Waals surface area contributed by atoms with Gasteiger partial charge in [-0.15, -0.1) is 0 Å². The minimum Gasteiger partial charge on any atom is -0.478 e. The zero-order valence-electron chi connectivity index (χ0n) is 9.16. The van der Waals surface area contributed by atoms with Crippen LogP contribution in [0.3, 0.4) is 0 Å².